The number of nitrogens with one attached hydrogen (secondary N) is 1. The minimum absolute atomic E-state index is 0.224. The molecule has 2 aromatic carbocycles. The number of carbonyl (C=O) groups excluding carboxylic acids is 1. The molecule has 1 fully saturated rings. The number of nitrogens with zero attached hydrogens (tertiary/aromatic N) is 2. The molecule has 156 valence electrons. The van der Waals surface area contributed by atoms with Gasteiger partial charge in [-0.3, -0.25) is 0 Å². The molecule has 0 aromatic heterocycles. The summed E-state index contributed by atoms with van der Waals surface area (Å²) in [6, 6.07) is 15.1. The van der Waals surface area contributed by atoms with Crippen LogP contribution in [-0.4, -0.2) is 49.8 Å². The number of hydrogen-bond acceptors (Lipinski definition) is 5. The molecule has 0 spiro atoms. The second-order valence-corrected chi connectivity index (χ2v) is 9.42. The number of anilines is 2. The maximum Gasteiger partial charge on any atom is 0.410 e. The highest BCUT2D eigenvalue weighted by molar-refractivity contribution is 7.99. The molecule has 0 aliphatic carbocycles. The number of piperazine rings is 1. The summed E-state index contributed by atoms with van der Waals surface area (Å²) in [4.78, 5) is 18.8. The summed E-state index contributed by atoms with van der Waals surface area (Å²) >= 11 is 1.77. The summed E-state index contributed by atoms with van der Waals surface area (Å²) in [7, 11) is 1.96. The van der Waals surface area contributed by atoms with E-state index in [1.54, 1.807) is 16.7 Å². The number of carbonyl (C=O) groups is 1. The number of ether oxygens (including phenoxy) is 1. The molecule has 1 amide bonds. The van der Waals surface area contributed by atoms with Crippen LogP contribution >= 0.6 is 11.8 Å². The van der Waals surface area contributed by atoms with Crippen LogP contribution in [0.2, 0.25) is 0 Å². The van der Waals surface area contributed by atoms with Crippen molar-refractivity contribution < 1.29 is 9.53 Å². The first-order valence-electron chi connectivity index (χ1n) is 10.0. The highest BCUT2D eigenvalue weighted by atomic mass is 32.2. The Labute approximate surface area is 178 Å². The standard InChI is InChI=1S/C23H31N3O2S/c1-17-7-6-8-19(15-17)29-21-10-9-18(16-20(21)24-5)25-11-13-26(14-12-25)22(27)28-23(2,3)4/h6-10,15-16,24H,11-14H2,1-5H3. The van der Waals surface area contributed by atoms with Crippen molar-refractivity contribution in [2.24, 2.45) is 0 Å². The molecule has 1 saturated heterocycles. The largest absolute Gasteiger partial charge is 0.444 e. The van der Waals surface area contributed by atoms with Crippen LogP contribution in [-0.2, 0) is 4.74 Å². The Morgan fingerprint density at radius 1 is 1.07 bits per heavy atom. The van der Waals surface area contributed by atoms with Gasteiger partial charge in [-0.15, -0.1) is 0 Å². The predicted octanol–water partition coefficient (Wildman–Crippen LogP) is 5.25. The van der Waals surface area contributed by atoms with Crippen molar-refractivity contribution in [3.8, 4) is 0 Å². The number of aryl methyl sites for hydroxylation is 1. The Bertz CT molecular complexity index is 855. The highest BCUT2D eigenvalue weighted by Gasteiger charge is 2.26. The summed E-state index contributed by atoms with van der Waals surface area (Å²) in [6.07, 6.45) is -0.224. The van der Waals surface area contributed by atoms with Gasteiger partial charge < -0.3 is 19.9 Å². The monoisotopic (exact) mass is 413 g/mol. The van der Waals surface area contributed by atoms with Crippen LogP contribution in [0.5, 0.6) is 0 Å². The second-order valence-electron chi connectivity index (χ2n) is 8.30. The van der Waals surface area contributed by atoms with Crippen LogP contribution in [0.3, 0.4) is 0 Å². The minimum Gasteiger partial charge on any atom is -0.444 e. The minimum atomic E-state index is -0.458. The lowest BCUT2D eigenvalue weighted by atomic mass is 10.2. The van der Waals surface area contributed by atoms with E-state index in [1.165, 1.54) is 21.0 Å². The first kappa shape index (κ1) is 21.4. The topological polar surface area (TPSA) is 44.8 Å². The molecule has 29 heavy (non-hydrogen) atoms. The van der Waals surface area contributed by atoms with Gasteiger partial charge in [0.1, 0.15) is 5.60 Å². The van der Waals surface area contributed by atoms with E-state index in [4.69, 9.17) is 4.74 Å². The van der Waals surface area contributed by atoms with E-state index in [-0.39, 0.29) is 6.09 Å². The fraction of sp³-hybridized carbons (Fsp3) is 0.435. The van der Waals surface area contributed by atoms with Gasteiger partial charge in [0.25, 0.3) is 0 Å². The summed E-state index contributed by atoms with van der Waals surface area (Å²) in [6.45, 7) is 10.8. The molecule has 0 atom stereocenters. The van der Waals surface area contributed by atoms with E-state index in [0.29, 0.717) is 13.1 Å². The van der Waals surface area contributed by atoms with Crippen LogP contribution in [0.25, 0.3) is 0 Å². The molecule has 3 rings (SSSR count). The zero-order chi connectivity index (χ0) is 21.0. The van der Waals surface area contributed by atoms with Crippen molar-refractivity contribution in [3.63, 3.8) is 0 Å². The Hall–Kier alpha value is -2.34. The van der Waals surface area contributed by atoms with Gasteiger partial charge in [0.05, 0.1) is 0 Å². The SMILES string of the molecule is CNc1cc(N2CCN(C(=O)OC(C)(C)C)CC2)ccc1Sc1cccc(C)c1. The molecule has 1 aliphatic heterocycles. The van der Waals surface area contributed by atoms with E-state index in [1.807, 2.05) is 27.8 Å². The van der Waals surface area contributed by atoms with E-state index in [2.05, 4.69) is 59.6 Å². The van der Waals surface area contributed by atoms with Crippen molar-refractivity contribution in [2.75, 3.05) is 43.4 Å². The number of benzene rings is 2. The molecule has 0 bridgehead atoms. The summed E-state index contributed by atoms with van der Waals surface area (Å²) in [5, 5.41) is 3.33. The van der Waals surface area contributed by atoms with Gasteiger partial charge in [0, 0.05) is 54.4 Å². The van der Waals surface area contributed by atoms with Gasteiger partial charge >= 0.3 is 6.09 Å². The van der Waals surface area contributed by atoms with Gasteiger partial charge in [0.15, 0.2) is 0 Å². The smallest absolute Gasteiger partial charge is 0.410 e. The Kier molecular flexibility index (Phi) is 6.63. The van der Waals surface area contributed by atoms with Gasteiger partial charge in [-0.05, 0) is 58.0 Å². The Morgan fingerprint density at radius 3 is 2.41 bits per heavy atom. The molecule has 1 heterocycles. The molecule has 6 heteroatoms. The van der Waals surface area contributed by atoms with Gasteiger partial charge in [-0.2, -0.15) is 0 Å². The zero-order valence-electron chi connectivity index (χ0n) is 18.0. The molecule has 0 unspecified atom stereocenters. The van der Waals surface area contributed by atoms with E-state index < -0.39 is 5.60 Å². The van der Waals surface area contributed by atoms with Gasteiger partial charge in [-0.25, -0.2) is 4.79 Å². The molecule has 2 aromatic rings. The van der Waals surface area contributed by atoms with Crippen molar-refractivity contribution in [3.05, 3.63) is 48.0 Å². The van der Waals surface area contributed by atoms with Crippen LogP contribution < -0.4 is 10.2 Å². The van der Waals surface area contributed by atoms with Crippen molar-refractivity contribution >= 4 is 29.2 Å². The fourth-order valence-corrected chi connectivity index (χ4v) is 4.33. The third-order valence-electron chi connectivity index (χ3n) is 4.75. The van der Waals surface area contributed by atoms with E-state index in [0.717, 1.165) is 18.8 Å². The molecular formula is C23H31N3O2S. The molecule has 1 aliphatic rings. The maximum absolute atomic E-state index is 12.3. The summed E-state index contributed by atoms with van der Waals surface area (Å²) < 4.78 is 5.49. The first-order chi connectivity index (χ1) is 13.7. The molecular weight excluding hydrogens is 382 g/mol. The number of hydrogen-bond donors (Lipinski definition) is 1. The quantitative estimate of drug-likeness (QED) is 0.742. The van der Waals surface area contributed by atoms with E-state index >= 15 is 0 Å². The fourth-order valence-electron chi connectivity index (χ4n) is 3.28. The zero-order valence-corrected chi connectivity index (χ0v) is 18.8. The second kappa shape index (κ2) is 8.99. The lowest BCUT2D eigenvalue weighted by molar-refractivity contribution is 0.0240. The number of rotatable bonds is 4. The lowest BCUT2D eigenvalue weighted by Gasteiger charge is -2.37. The van der Waals surface area contributed by atoms with Crippen molar-refractivity contribution in [2.45, 2.75) is 43.1 Å². The Morgan fingerprint density at radius 2 is 1.79 bits per heavy atom. The lowest BCUT2D eigenvalue weighted by Crippen LogP contribution is -2.50. The van der Waals surface area contributed by atoms with Gasteiger partial charge in [-0.1, -0.05) is 29.5 Å². The van der Waals surface area contributed by atoms with Crippen molar-refractivity contribution in [1.29, 1.82) is 0 Å². The predicted molar refractivity (Wildman–Crippen MR) is 121 cm³/mol. The molecule has 0 radical (unpaired) electrons. The molecule has 1 N–H and O–H groups in total. The molecule has 0 saturated carbocycles. The maximum atomic E-state index is 12.3. The van der Waals surface area contributed by atoms with Gasteiger partial charge in [0.2, 0.25) is 0 Å². The number of amides is 1. The average Bonchev–Trinajstić information content (AvgIpc) is 2.67. The third kappa shape index (κ3) is 5.82. The highest BCUT2D eigenvalue weighted by Crippen LogP contribution is 2.36. The van der Waals surface area contributed by atoms with E-state index in [9.17, 15) is 4.79 Å². The van der Waals surface area contributed by atoms with Crippen LogP contribution in [0.15, 0.2) is 52.3 Å². The van der Waals surface area contributed by atoms with Crippen LogP contribution in [0.1, 0.15) is 26.3 Å². The summed E-state index contributed by atoms with van der Waals surface area (Å²) in [5.41, 5.74) is 3.09. The summed E-state index contributed by atoms with van der Waals surface area (Å²) in [5.74, 6) is 0. The van der Waals surface area contributed by atoms with Crippen LogP contribution in [0.4, 0.5) is 16.2 Å². The average molecular weight is 414 g/mol. The normalized spacial score (nSPS) is 14.7. The third-order valence-corrected chi connectivity index (χ3v) is 5.81. The van der Waals surface area contributed by atoms with Crippen molar-refractivity contribution in [1.82, 2.24) is 4.90 Å². The van der Waals surface area contributed by atoms with Crippen LogP contribution in [0, 0.1) is 6.92 Å². The Balaban J connectivity index is 1.65. The molecule has 5 nitrogen and oxygen atoms in total. The first-order valence-corrected chi connectivity index (χ1v) is 10.9.